The van der Waals surface area contributed by atoms with Crippen LogP contribution in [0.15, 0.2) is 58.5 Å². The predicted octanol–water partition coefficient (Wildman–Crippen LogP) is 3.38. The average Bonchev–Trinajstić information content (AvgIpc) is 3.33. The third-order valence-electron chi connectivity index (χ3n) is 5.51. The summed E-state index contributed by atoms with van der Waals surface area (Å²) in [5.41, 5.74) is 1.52. The molecule has 3 aromatic rings. The largest absolute Gasteiger partial charge is 0.497 e. The number of thioether (sulfide) groups is 1. The minimum Gasteiger partial charge on any atom is -0.497 e. The number of carbonyl (C=O) groups excluding carboxylic acids is 1. The number of hydrogen-bond acceptors (Lipinski definition) is 6. The molecule has 4 rings (SSSR count). The Morgan fingerprint density at radius 2 is 2.06 bits per heavy atom. The van der Waals surface area contributed by atoms with Crippen LogP contribution >= 0.6 is 11.8 Å². The van der Waals surface area contributed by atoms with Gasteiger partial charge in [0.25, 0.3) is 5.56 Å². The number of methoxy groups -OCH3 is 1. The molecule has 1 amide bonds. The summed E-state index contributed by atoms with van der Waals surface area (Å²) in [6.45, 7) is 3.40. The molecule has 2 atom stereocenters. The van der Waals surface area contributed by atoms with Crippen LogP contribution in [0, 0.1) is 0 Å². The fraction of sp³-hybridized carbons (Fsp3) is 0.375. The van der Waals surface area contributed by atoms with E-state index in [1.54, 1.807) is 17.7 Å². The second kappa shape index (κ2) is 10.2. The highest BCUT2D eigenvalue weighted by atomic mass is 32.2. The van der Waals surface area contributed by atoms with Crippen LogP contribution in [-0.4, -0.2) is 40.5 Å². The van der Waals surface area contributed by atoms with E-state index in [1.807, 2.05) is 49.4 Å². The van der Waals surface area contributed by atoms with E-state index in [2.05, 4.69) is 5.32 Å². The number of nitrogens with zero attached hydrogens (tertiary/aromatic N) is 2. The van der Waals surface area contributed by atoms with E-state index < -0.39 is 5.25 Å². The van der Waals surface area contributed by atoms with Gasteiger partial charge in [-0.25, -0.2) is 4.98 Å². The number of para-hydroxylation sites is 1. The summed E-state index contributed by atoms with van der Waals surface area (Å²) in [6, 6.07) is 14.9. The molecule has 8 heteroatoms. The molecule has 0 spiro atoms. The average molecular weight is 454 g/mol. The molecular formula is C24H27N3O4S. The molecule has 168 valence electrons. The first-order chi connectivity index (χ1) is 15.5. The smallest absolute Gasteiger partial charge is 0.262 e. The number of ether oxygens (including phenoxy) is 2. The summed E-state index contributed by atoms with van der Waals surface area (Å²) in [6.07, 6.45) is 1.91. The van der Waals surface area contributed by atoms with Crippen molar-refractivity contribution in [3.63, 3.8) is 0 Å². The number of aromatic nitrogens is 2. The van der Waals surface area contributed by atoms with Gasteiger partial charge in [-0.15, -0.1) is 0 Å². The zero-order valence-electron chi connectivity index (χ0n) is 18.2. The number of nitrogens with one attached hydrogen (secondary N) is 1. The molecule has 32 heavy (non-hydrogen) atoms. The Labute approximate surface area is 191 Å². The van der Waals surface area contributed by atoms with Crippen LogP contribution in [0.2, 0.25) is 0 Å². The van der Waals surface area contributed by atoms with Gasteiger partial charge in [-0.2, -0.15) is 0 Å². The fourth-order valence-corrected chi connectivity index (χ4v) is 4.62. The summed E-state index contributed by atoms with van der Waals surface area (Å²) in [7, 11) is 1.62. The van der Waals surface area contributed by atoms with Crippen molar-refractivity contribution in [1.29, 1.82) is 0 Å². The van der Waals surface area contributed by atoms with Crippen molar-refractivity contribution >= 4 is 28.6 Å². The number of rotatable bonds is 8. The van der Waals surface area contributed by atoms with Gasteiger partial charge in [0.2, 0.25) is 5.91 Å². The lowest BCUT2D eigenvalue weighted by molar-refractivity contribution is -0.120. The maximum Gasteiger partial charge on any atom is 0.262 e. The summed E-state index contributed by atoms with van der Waals surface area (Å²) in [5.74, 6) is 0.660. The number of benzene rings is 2. The first kappa shape index (κ1) is 22.4. The molecule has 0 bridgehead atoms. The normalized spacial score (nSPS) is 16.8. The second-order valence-corrected chi connectivity index (χ2v) is 9.10. The molecule has 7 nitrogen and oxygen atoms in total. The SMILES string of the molecule is COc1ccc(CNC(=O)[C@H](C)Sc2nc3ccccc3c(=O)n2C[C@@H]2CCCO2)cc1. The minimum absolute atomic E-state index is 0.00535. The van der Waals surface area contributed by atoms with Crippen molar-refractivity contribution in [1.82, 2.24) is 14.9 Å². The Kier molecular flexibility index (Phi) is 7.12. The van der Waals surface area contributed by atoms with Crippen LogP contribution in [0.3, 0.4) is 0 Å². The quantitative estimate of drug-likeness (QED) is 0.416. The molecule has 1 fully saturated rings. The Morgan fingerprint density at radius 3 is 2.78 bits per heavy atom. The molecule has 1 aromatic heterocycles. The van der Waals surface area contributed by atoms with Gasteiger partial charge in [-0.3, -0.25) is 14.2 Å². The van der Waals surface area contributed by atoms with E-state index in [0.717, 1.165) is 24.2 Å². The van der Waals surface area contributed by atoms with Crippen molar-refractivity contribution in [3.05, 3.63) is 64.4 Å². The van der Waals surface area contributed by atoms with Crippen LogP contribution in [0.4, 0.5) is 0 Å². The monoisotopic (exact) mass is 453 g/mol. The van der Waals surface area contributed by atoms with E-state index in [1.165, 1.54) is 11.8 Å². The summed E-state index contributed by atoms with van der Waals surface area (Å²) < 4.78 is 12.6. The number of amides is 1. The second-order valence-electron chi connectivity index (χ2n) is 7.79. The maximum absolute atomic E-state index is 13.2. The Bertz CT molecular complexity index is 1140. The molecular weight excluding hydrogens is 426 g/mol. The number of hydrogen-bond donors (Lipinski definition) is 1. The first-order valence-electron chi connectivity index (χ1n) is 10.7. The zero-order chi connectivity index (χ0) is 22.5. The Morgan fingerprint density at radius 1 is 1.28 bits per heavy atom. The molecule has 2 aromatic carbocycles. The molecule has 1 aliphatic heterocycles. The summed E-state index contributed by atoms with van der Waals surface area (Å²) >= 11 is 1.30. The molecule has 1 saturated heterocycles. The van der Waals surface area contributed by atoms with E-state index in [9.17, 15) is 9.59 Å². The van der Waals surface area contributed by atoms with E-state index in [0.29, 0.717) is 35.8 Å². The third-order valence-corrected chi connectivity index (χ3v) is 6.60. The van der Waals surface area contributed by atoms with Crippen molar-refractivity contribution in [3.8, 4) is 5.75 Å². The molecule has 1 N–H and O–H groups in total. The number of fused-ring (bicyclic) bond motifs is 1. The molecule has 0 aliphatic carbocycles. The van der Waals surface area contributed by atoms with Crippen LogP contribution in [0.25, 0.3) is 10.9 Å². The topological polar surface area (TPSA) is 82.5 Å². The first-order valence-corrected chi connectivity index (χ1v) is 11.6. The van der Waals surface area contributed by atoms with Gasteiger partial charge in [0, 0.05) is 13.2 Å². The van der Waals surface area contributed by atoms with Gasteiger partial charge in [-0.05, 0) is 49.6 Å². The molecule has 0 radical (unpaired) electrons. The van der Waals surface area contributed by atoms with Crippen molar-refractivity contribution in [2.24, 2.45) is 0 Å². The highest BCUT2D eigenvalue weighted by Gasteiger charge is 2.23. The van der Waals surface area contributed by atoms with Crippen molar-refractivity contribution in [2.75, 3.05) is 13.7 Å². The molecule has 0 unspecified atom stereocenters. The van der Waals surface area contributed by atoms with Crippen LogP contribution in [0.5, 0.6) is 5.75 Å². The molecule has 1 aliphatic rings. The van der Waals surface area contributed by atoms with Gasteiger partial charge in [-0.1, -0.05) is 36.0 Å². The molecule has 2 heterocycles. The third kappa shape index (κ3) is 5.14. The molecule has 0 saturated carbocycles. The highest BCUT2D eigenvalue weighted by molar-refractivity contribution is 8.00. The van der Waals surface area contributed by atoms with Crippen molar-refractivity contribution in [2.45, 2.75) is 49.4 Å². The van der Waals surface area contributed by atoms with Crippen LogP contribution < -0.4 is 15.6 Å². The fourth-order valence-electron chi connectivity index (χ4n) is 3.68. The minimum atomic E-state index is -0.419. The predicted molar refractivity (Wildman–Crippen MR) is 125 cm³/mol. The zero-order valence-corrected chi connectivity index (χ0v) is 19.1. The summed E-state index contributed by atoms with van der Waals surface area (Å²) in [4.78, 5) is 30.7. The van der Waals surface area contributed by atoms with Crippen molar-refractivity contribution < 1.29 is 14.3 Å². The summed E-state index contributed by atoms with van der Waals surface area (Å²) in [5, 5.41) is 3.65. The van der Waals surface area contributed by atoms with Gasteiger partial charge in [0.15, 0.2) is 5.16 Å². The standard InChI is InChI=1S/C24H27N3O4S/c1-16(22(28)25-14-17-9-11-18(30-2)12-10-17)32-24-26-21-8-4-3-7-20(21)23(29)27(24)15-19-6-5-13-31-19/h3-4,7-12,16,19H,5-6,13-15H2,1-2H3,(H,25,28)/t16-,19-/m0/s1. The highest BCUT2D eigenvalue weighted by Crippen LogP contribution is 2.24. The Hall–Kier alpha value is -2.84. The van der Waals surface area contributed by atoms with E-state index in [4.69, 9.17) is 14.5 Å². The van der Waals surface area contributed by atoms with Crippen LogP contribution in [-0.2, 0) is 22.6 Å². The van der Waals surface area contributed by atoms with Gasteiger partial charge in [0.1, 0.15) is 5.75 Å². The lowest BCUT2D eigenvalue weighted by Gasteiger charge is -2.18. The van der Waals surface area contributed by atoms with E-state index >= 15 is 0 Å². The van der Waals surface area contributed by atoms with Gasteiger partial charge < -0.3 is 14.8 Å². The number of carbonyl (C=O) groups is 1. The lowest BCUT2D eigenvalue weighted by Crippen LogP contribution is -2.33. The van der Waals surface area contributed by atoms with Gasteiger partial charge >= 0.3 is 0 Å². The van der Waals surface area contributed by atoms with Crippen LogP contribution in [0.1, 0.15) is 25.3 Å². The van der Waals surface area contributed by atoms with E-state index in [-0.39, 0.29) is 17.6 Å². The maximum atomic E-state index is 13.2. The van der Waals surface area contributed by atoms with Gasteiger partial charge in [0.05, 0.1) is 35.9 Å². The Balaban J connectivity index is 1.50. The lowest BCUT2D eigenvalue weighted by atomic mass is 10.2.